The highest BCUT2D eigenvalue weighted by molar-refractivity contribution is 5.84. The Labute approximate surface area is 147 Å². The van der Waals surface area contributed by atoms with Crippen molar-refractivity contribution in [2.75, 3.05) is 7.11 Å². The molecule has 0 aliphatic heterocycles. The van der Waals surface area contributed by atoms with Gasteiger partial charge in [-0.05, 0) is 61.1 Å². The number of hydrogen-bond donors (Lipinski definition) is 1. The van der Waals surface area contributed by atoms with Gasteiger partial charge in [0.15, 0.2) is 0 Å². The molecule has 0 radical (unpaired) electrons. The van der Waals surface area contributed by atoms with E-state index in [2.05, 4.69) is 11.4 Å². The molecular weight excluding hydrogens is 316 g/mol. The Balaban J connectivity index is 1.43. The first-order chi connectivity index (χ1) is 12.1. The monoisotopic (exact) mass is 338 g/mol. The zero-order valence-electron chi connectivity index (χ0n) is 14.3. The van der Waals surface area contributed by atoms with Crippen LogP contribution in [0.25, 0.3) is 0 Å². The van der Waals surface area contributed by atoms with Crippen LogP contribution >= 0.6 is 0 Å². The molecule has 6 atom stereocenters. The number of nitrogens with zero attached hydrogens (tertiary/aromatic N) is 1. The van der Waals surface area contributed by atoms with Crippen LogP contribution in [-0.4, -0.2) is 25.0 Å². The molecule has 3 aliphatic carbocycles. The van der Waals surface area contributed by atoms with E-state index in [0.29, 0.717) is 17.4 Å². The van der Waals surface area contributed by atoms with Crippen molar-refractivity contribution in [3.05, 3.63) is 35.4 Å². The average molecular weight is 338 g/mol. The molecule has 3 saturated carbocycles. The lowest BCUT2D eigenvalue weighted by Crippen LogP contribution is -2.47. The number of carbonyl (C=O) groups excluding carboxylic acids is 2. The summed E-state index contributed by atoms with van der Waals surface area (Å²) in [6.45, 7) is 0. The molecule has 1 aromatic rings. The predicted octanol–water partition coefficient (Wildman–Crippen LogP) is 2.37. The summed E-state index contributed by atoms with van der Waals surface area (Å²) < 4.78 is 4.97. The fraction of sp³-hybridized carbons (Fsp3) is 0.550. The van der Waals surface area contributed by atoms with Crippen molar-refractivity contribution >= 4 is 11.9 Å². The number of nitrogens with one attached hydrogen (secondary N) is 1. The maximum absolute atomic E-state index is 12.7. The molecule has 1 aromatic carbocycles. The normalized spacial score (nSPS) is 35.0. The third-order valence-electron chi connectivity index (χ3n) is 6.27. The van der Waals surface area contributed by atoms with Crippen LogP contribution in [0.5, 0.6) is 0 Å². The first-order valence-electron chi connectivity index (χ1n) is 9.00. The van der Waals surface area contributed by atoms with E-state index in [1.54, 1.807) is 6.07 Å². The van der Waals surface area contributed by atoms with Gasteiger partial charge >= 0.3 is 5.97 Å². The Morgan fingerprint density at radius 1 is 1.24 bits per heavy atom. The van der Waals surface area contributed by atoms with Gasteiger partial charge in [0.25, 0.3) is 0 Å². The second-order valence-corrected chi connectivity index (χ2v) is 7.60. The fourth-order valence-corrected chi connectivity index (χ4v) is 4.94. The Kier molecular flexibility index (Phi) is 3.99. The molecule has 2 bridgehead atoms. The molecule has 0 heterocycles. The van der Waals surface area contributed by atoms with E-state index >= 15 is 0 Å². The number of rotatable bonds is 4. The summed E-state index contributed by atoms with van der Waals surface area (Å²) in [6.07, 6.45) is 3.97. The number of amides is 1. The van der Waals surface area contributed by atoms with Crippen LogP contribution in [0, 0.1) is 35.0 Å². The van der Waals surface area contributed by atoms with Crippen molar-refractivity contribution in [2.24, 2.45) is 23.7 Å². The minimum Gasteiger partial charge on any atom is -0.469 e. The minimum absolute atomic E-state index is 0.0406. The quantitative estimate of drug-likeness (QED) is 0.855. The molecule has 3 fully saturated rings. The maximum atomic E-state index is 12.7. The van der Waals surface area contributed by atoms with Gasteiger partial charge in [0.1, 0.15) is 0 Å². The van der Waals surface area contributed by atoms with Gasteiger partial charge in [-0.25, -0.2) is 0 Å². The molecular formula is C20H22N2O3. The van der Waals surface area contributed by atoms with Crippen LogP contribution in [0.2, 0.25) is 0 Å². The van der Waals surface area contributed by atoms with Crippen LogP contribution in [0.3, 0.4) is 0 Å². The summed E-state index contributed by atoms with van der Waals surface area (Å²) in [5, 5.41) is 12.2. The summed E-state index contributed by atoms with van der Waals surface area (Å²) in [5.41, 5.74) is 1.68. The molecule has 4 rings (SSSR count). The van der Waals surface area contributed by atoms with Crippen LogP contribution in [-0.2, 0) is 14.3 Å². The highest BCUT2D eigenvalue weighted by Crippen LogP contribution is 2.51. The molecule has 1 amide bonds. The molecule has 1 N–H and O–H groups in total. The molecule has 0 spiro atoms. The number of carbonyl (C=O) groups is 2. The van der Waals surface area contributed by atoms with Crippen molar-refractivity contribution in [1.82, 2.24) is 5.32 Å². The Hall–Kier alpha value is -2.35. The van der Waals surface area contributed by atoms with E-state index in [-0.39, 0.29) is 35.7 Å². The predicted molar refractivity (Wildman–Crippen MR) is 90.3 cm³/mol. The highest BCUT2D eigenvalue weighted by atomic mass is 16.5. The van der Waals surface area contributed by atoms with Gasteiger partial charge in [0.05, 0.1) is 24.7 Å². The van der Waals surface area contributed by atoms with Gasteiger partial charge in [0, 0.05) is 12.0 Å². The van der Waals surface area contributed by atoms with Crippen molar-refractivity contribution in [2.45, 2.75) is 37.6 Å². The largest absolute Gasteiger partial charge is 0.469 e. The SMILES string of the molecule is COC(=O)[C@@H]1[C@H]2CC[C@@H](C2)[C@@H]1NC(=O)[C@H]1C[C@@H]1c1cccc(C#N)c1. The number of fused-ring (bicyclic) bond motifs is 2. The summed E-state index contributed by atoms with van der Waals surface area (Å²) in [5.74, 6) is 0.550. The van der Waals surface area contributed by atoms with E-state index < -0.39 is 0 Å². The van der Waals surface area contributed by atoms with Crippen molar-refractivity contribution < 1.29 is 14.3 Å². The topological polar surface area (TPSA) is 79.2 Å². The summed E-state index contributed by atoms with van der Waals surface area (Å²) in [6, 6.07) is 9.55. The lowest BCUT2D eigenvalue weighted by Gasteiger charge is -2.29. The number of nitriles is 1. The lowest BCUT2D eigenvalue weighted by molar-refractivity contribution is -0.148. The zero-order valence-corrected chi connectivity index (χ0v) is 14.3. The van der Waals surface area contributed by atoms with Gasteiger partial charge in [-0.1, -0.05) is 12.1 Å². The second kappa shape index (κ2) is 6.18. The van der Waals surface area contributed by atoms with E-state index in [9.17, 15) is 9.59 Å². The standard InChI is InChI=1S/C20H22N2O3/c1-25-20(24)17-13-5-6-14(8-13)18(17)22-19(23)16-9-15(16)12-4-2-3-11(7-12)10-21/h2-4,7,13-18H,5-6,8-9H2,1H3,(H,22,23)/t13-,14-,15+,16-,17+,18-/m0/s1. The van der Waals surface area contributed by atoms with E-state index in [1.807, 2.05) is 18.2 Å². The first kappa shape index (κ1) is 16.1. The summed E-state index contributed by atoms with van der Waals surface area (Å²) >= 11 is 0. The first-order valence-corrected chi connectivity index (χ1v) is 9.00. The number of methoxy groups -OCH3 is 1. The van der Waals surface area contributed by atoms with Crippen molar-refractivity contribution in [3.8, 4) is 6.07 Å². The molecule has 0 saturated heterocycles. The molecule has 130 valence electrons. The molecule has 5 heteroatoms. The van der Waals surface area contributed by atoms with Crippen LogP contribution in [0.15, 0.2) is 24.3 Å². The van der Waals surface area contributed by atoms with Gasteiger partial charge in [-0.3, -0.25) is 9.59 Å². The van der Waals surface area contributed by atoms with Gasteiger partial charge in [0.2, 0.25) is 5.91 Å². The number of ether oxygens (including phenoxy) is 1. The van der Waals surface area contributed by atoms with Crippen LogP contribution in [0.1, 0.15) is 42.7 Å². The van der Waals surface area contributed by atoms with Gasteiger partial charge in [-0.15, -0.1) is 0 Å². The zero-order chi connectivity index (χ0) is 17.6. The average Bonchev–Trinajstić information content (AvgIpc) is 3.21. The number of benzene rings is 1. The highest BCUT2D eigenvalue weighted by Gasteiger charge is 2.53. The maximum Gasteiger partial charge on any atom is 0.311 e. The number of hydrogen-bond acceptors (Lipinski definition) is 4. The van der Waals surface area contributed by atoms with Crippen molar-refractivity contribution in [1.29, 1.82) is 5.26 Å². The molecule has 5 nitrogen and oxygen atoms in total. The third-order valence-corrected chi connectivity index (χ3v) is 6.27. The van der Waals surface area contributed by atoms with Crippen molar-refractivity contribution in [3.63, 3.8) is 0 Å². The summed E-state index contributed by atoms with van der Waals surface area (Å²) in [7, 11) is 1.42. The van der Waals surface area contributed by atoms with E-state index in [4.69, 9.17) is 10.00 Å². The van der Waals surface area contributed by atoms with Crippen LogP contribution < -0.4 is 5.32 Å². The van der Waals surface area contributed by atoms with E-state index in [0.717, 1.165) is 31.2 Å². The smallest absolute Gasteiger partial charge is 0.311 e. The second-order valence-electron chi connectivity index (χ2n) is 7.60. The Morgan fingerprint density at radius 2 is 2.04 bits per heavy atom. The Morgan fingerprint density at radius 3 is 2.80 bits per heavy atom. The summed E-state index contributed by atoms with van der Waals surface area (Å²) in [4.78, 5) is 24.8. The fourth-order valence-electron chi connectivity index (χ4n) is 4.94. The molecule has 0 unspecified atom stereocenters. The minimum atomic E-state index is -0.188. The molecule has 0 aromatic heterocycles. The van der Waals surface area contributed by atoms with E-state index in [1.165, 1.54) is 7.11 Å². The number of esters is 1. The third kappa shape index (κ3) is 2.80. The molecule has 25 heavy (non-hydrogen) atoms. The lowest BCUT2D eigenvalue weighted by atomic mass is 9.84. The molecule has 3 aliphatic rings. The van der Waals surface area contributed by atoms with Gasteiger partial charge < -0.3 is 10.1 Å². The van der Waals surface area contributed by atoms with Crippen LogP contribution in [0.4, 0.5) is 0 Å². The van der Waals surface area contributed by atoms with Gasteiger partial charge in [-0.2, -0.15) is 5.26 Å². The Bertz CT molecular complexity index is 754.